The summed E-state index contributed by atoms with van der Waals surface area (Å²) in [6.45, 7) is 2.52. The van der Waals surface area contributed by atoms with Crippen LogP contribution in [-0.2, 0) is 11.3 Å². The molecule has 0 spiro atoms. The quantitative estimate of drug-likeness (QED) is 0.812. The Hall–Kier alpha value is -2.28. The van der Waals surface area contributed by atoms with E-state index in [1.165, 1.54) is 0 Å². The Morgan fingerprint density at radius 1 is 1.24 bits per heavy atom. The lowest BCUT2D eigenvalue weighted by Crippen LogP contribution is -2.12. The number of anilines is 1. The number of carbonyl (C=O) groups excluding carboxylic acids is 1. The number of primary amides is 1. The topological polar surface area (TPSA) is 105 Å². The lowest BCUT2D eigenvalue weighted by Gasteiger charge is -2.10. The van der Waals surface area contributed by atoms with E-state index in [1.807, 2.05) is 4.57 Å². The molecule has 112 valence electrons. The molecule has 0 saturated heterocycles. The lowest BCUT2D eigenvalue weighted by atomic mass is 10.1. The van der Waals surface area contributed by atoms with Crippen LogP contribution in [0.3, 0.4) is 0 Å². The van der Waals surface area contributed by atoms with E-state index in [9.17, 15) is 4.79 Å². The molecule has 1 aliphatic heterocycles. The van der Waals surface area contributed by atoms with Crippen LogP contribution in [0.5, 0.6) is 5.75 Å². The van der Waals surface area contributed by atoms with Gasteiger partial charge in [-0.25, -0.2) is 4.98 Å². The molecule has 21 heavy (non-hydrogen) atoms. The Bertz CT molecular complexity index is 680. The van der Waals surface area contributed by atoms with Crippen LogP contribution in [0.4, 0.5) is 5.95 Å². The first-order valence-electron chi connectivity index (χ1n) is 6.97. The highest BCUT2D eigenvalue weighted by molar-refractivity contribution is 5.98. The molecule has 0 fully saturated rings. The zero-order valence-electron chi connectivity index (χ0n) is 11.7. The third-order valence-corrected chi connectivity index (χ3v) is 3.48. The van der Waals surface area contributed by atoms with Crippen molar-refractivity contribution in [2.45, 2.75) is 19.4 Å². The minimum atomic E-state index is -0.512. The minimum absolute atomic E-state index is 0.369. The van der Waals surface area contributed by atoms with Crippen molar-refractivity contribution in [2.75, 3.05) is 25.6 Å². The highest BCUT2D eigenvalue weighted by Gasteiger charge is 2.17. The van der Waals surface area contributed by atoms with Crippen LogP contribution in [0.1, 0.15) is 23.2 Å². The Morgan fingerprint density at radius 3 is 2.86 bits per heavy atom. The molecule has 0 aliphatic carbocycles. The van der Waals surface area contributed by atoms with Crippen LogP contribution in [0.2, 0.25) is 0 Å². The molecular weight excluding hydrogens is 272 g/mol. The van der Waals surface area contributed by atoms with Gasteiger partial charge in [-0.05, 0) is 18.6 Å². The molecule has 2 aromatic rings. The van der Waals surface area contributed by atoms with Crippen molar-refractivity contribution in [1.29, 1.82) is 0 Å². The monoisotopic (exact) mass is 290 g/mol. The van der Waals surface area contributed by atoms with Crippen LogP contribution < -0.4 is 16.2 Å². The van der Waals surface area contributed by atoms with Gasteiger partial charge in [0, 0.05) is 31.7 Å². The SMILES string of the molecule is NC(=O)c1cc2c3c(c1)nc(N)n3CCCOCCCO2. The molecule has 0 bridgehead atoms. The zero-order valence-corrected chi connectivity index (χ0v) is 11.7. The van der Waals surface area contributed by atoms with Gasteiger partial charge in [0.15, 0.2) is 0 Å². The number of benzene rings is 1. The number of ether oxygens (including phenoxy) is 2. The molecule has 7 heteroatoms. The molecule has 0 saturated carbocycles. The maximum atomic E-state index is 11.4. The Balaban J connectivity index is 2.15. The third-order valence-electron chi connectivity index (χ3n) is 3.48. The number of hydrogen-bond acceptors (Lipinski definition) is 5. The number of aromatic nitrogens is 2. The van der Waals surface area contributed by atoms with Crippen LogP contribution in [0.15, 0.2) is 12.1 Å². The van der Waals surface area contributed by atoms with Crippen molar-refractivity contribution >= 4 is 22.9 Å². The van der Waals surface area contributed by atoms with Gasteiger partial charge in [-0.2, -0.15) is 0 Å². The average Bonchev–Trinajstić information content (AvgIpc) is 2.74. The number of imidazole rings is 1. The summed E-state index contributed by atoms with van der Waals surface area (Å²) in [5.41, 5.74) is 13.1. The van der Waals surface area contributed by atoms with Crippen molar-refractivity contribution < 1.29 is 14.3 Å². The van der Waals surface area contributed by atoms with Gasteiger partial charge in [-0.1, -0.05) is 0 Å². The summed E-state index contributed by atoms with van der Waals surface area (Å²) in [4.78, 5) is 15.7. The van der Waals surface area contributed by atoms with Gasteiger partial charge in [0.25, 0.3) is 0 Å². The maximum absolute atomic E-state index is 11.4. The molecule has 1 amide bonds. The van der Waals surface area contributed by atoms with Gasteiger partial charge in [0.1, 0.15) is 11.3 Å². The summed E-state index contributed by atoms with van der Waals surface area (Å²) in [5, 5.41) is 0. The fraction of sp³-hybridized carbons (Fsp3) is 0.429. The maximum Gasteiger partial charge on any atom is 0.248 e. The molecule has 1 aromatic carbocycles. The number of rotatable bonds is 1. The first-order chi connectivity index (χ1) is 10.2. The summed E-state index contributed by atoms with van der Waals surface area (Å²) in [7, 11) is 0. The second kappa shape index (κ2) is 5.61. The molecule has 7 nitrogen and oxygen atoms in total. The van der Waals surface area contributed by atoms with E-state index >= 15 is 0 Å². The Morgan fingerprint density at radius 2 is 2.05 bits per heavy atom. The summed E-state index contributed by atoms with van der Waals surface area (Å²) in [5.74, 6) is 0.477. The number of aryl methyl sites for hydroxylation is 1. The molecule has 3 rings (SSSR count). The van der Waals surface area contributed by atoms with Crippen LogP contribution >= 0.6 is 0 Å². The van der Waals surface area contributed by atoms with Gasteiger partial charge in [-0.15, -0.1) is 0 Å². The highest BCUT2D eigenvalue weighted by atomic mass is 16.5. The first kappa shape index (κ1) is 13.7. The van der Waals surface area contributed by atoms with E-state index < -0.39 is 5.91 Å². The van der Waals surface area contributed by atoms with E-state index in [0.29, 0.717) is 49.1 Å². The van der Waals surface area contributed by atoms with Crippen LogP contribution in [-0.4, -0.2) is 35.3 Å². The predicted octanol–water partition coefficient (Wildman–Crippen LogP) is 0.907. The number of hydrogen-bond donors (Lipinski definition) is 2. The van der Waals surface area contributed by atoms with E-state index in [4.69, 9.17) is 20.9 Å². The predicted molar refractivity (Wildman–Crippen MR) is 78.2 cm³/mol. The van der Waals surface area contributed by atoms with Gasteiger partial charge in [-0.3, -0.25) is 4.79 Å². The normalized spacial score (nSPS) is 16.2. The molecule has 1 aromatic heterocycles. The average molecular weight is 290 g/mol. The molecule has 2 heterocycles. The fourth-order valence-electron chi connectivity index (χ4n) is 2.50. The molecule has 0 radical (unpaired) electrons. The minimum Gasteiger partial charge on any atom is -0.491 e. The molecule has 4 N–H and O–H groups in total. The molecular formula is C14H18N4O3. The number of nitrogens with two attached hydrogens (primary N) is 2. The number of amides is 1. The van der Waals surface area contributed by atoms with E-state index in [1.54, 1.807) is 12.1 Å². The van der Waals surface area contributed by atoms with Crippen LogP contribution in [0, 0.1) is 0 Å². The summed E-state index contributed by atoms with van der Waals surface area (Å²) >= 11 is 0. The number of nitrogen functional groups attached to an aromatic ring is 1. The van der Waals surface area contributed by atoms with Gasteiger partial charge < -0.3 is 25.5 Å². The fourth-order valence-corrected chi connectivity index (χ4v) is 2.50. The van der Waals surface area contributed by atoms with Crippen molar-refractivity contribution in [3.63, 3.8) is 0 Å². The molecule has 0 atom stereocenters. The summed E-state index contributed by atoms with van der Waals surface area (Å²) in [6, 6.07) is 3.30. The Kier molecular flexibility index (Phi) is 3.66. The molecule has 0 unspecified atom stereocenters. The molecule has 1 aliphatic rings. The van der Waals surface area contributed by atoms with Crippen molar-refractivity contribution in [1.82, 2.24) is 9.55 Å². The van der Waals surface area contributed by atoms with Gasteiger partial charge >= 0.3 is 0 Å². The van der Waals surface area contributed by atoms with E-state index in [-0.39, 0.29) is 0 Å². The standard InChI is InChI=1S/C14H18N4O3/c15-13(19)9-7-10-12-11(8-9)21-6-2-5-20-4-1-3-18(12)14(16)17-10/h7-8H,1-6H2,(H2,15,19)(H2,16,17). The summed E-state index contributed by atoms with van der Waals surface area (Å²) in [6.07, 6.45) is 1.62. The van der Waals surface area contributed by atoms with Crippen molar-refractivity contribution in [2.24, 2.45) is 5.73 Å². The number of carbonyl (C=O) groups is 1. The Labute approximate surface area is 121 Å². The van der Waals surface area contributed by atoms with Crippen molar-refractivity contribution in [3.05, 3.63) is 17.7 Å². The van der Waals surface area contributed by atoms with Crippen molar-refractivity contribution in [3.8, 4) is 5.75 Å². The van der Waals surface area contributed by atoms with Gasteiger partial charge in [0.05, 0.1) is 12.1 Å². The lowest BCUT2D eigenvalue weighted by molar-refractivity contribution is 0.0999. The summed E-state index contributed by atoms with van der Waals surface area (Å²) < 4.78 is 13.2. The zero-order chi connectivity index (χ0) is 14.8. The van der Waals surface area contributed by atoms with Crippen LogP contribution in [0.25, 0.3) is 11.0 Å². The van der Waals surface area contributed by atoms with E-state index in [2.05, 4.69) is 4.98 Å². The highest BCUT2D eigenvalue weighted by Crippen LogP contribution is 2.30. The van der Waals surface area contributed by atoms with Gasteiger partial charge in [0.2, 0.25) is 11.9 Å². The third kappa shape index (κ3) is 2.64. The smallest absolute Gasteiger partial charge is 0.248 e. The second-order valence-electron chi connectivity index (χ2n) is 5.00. The van der Waals surface area contributed by atoms with E-state index in [0.717, 1.165) is 18.4 Å². The number of nitrogens with zero attached hydrogens (tertiary/aromatic N) is 2. The second-order valence-corrected chi connectivity index (χ2v) is 5.00. The first-order valence-corrected chi connectivity index (χ1v) is 6.97. The largest absolute Gasteiger partial charge is 0.491 e.